The van der Waals surface area contributed by atoms with Gasteiger partial charge in [0.25, 0.3) is 0 Å². The van der Waals surface area contributed by atoms with Crippen LogP contribution in [0.3, 0.4) is 0 Å². The number of benzene rings is 1. The molecule has 19 heavy (non-hydrogen) atoms. The molecule has 0 amide bonds. The molecule has 1 aromatic rings. The number of hydrogen-bond acceptors (Lipinski definition) is 4. The molecule has 3 rings (SSSR count). The lowest BCUT2D eigenvalue weighted by atomic mass is 10.2. The fourth-order valence-electron chi connectivity index (χ4n) is 1.98. The zero-order valence-electron chi connectivity index (χ0n) is 10.8. The van der Waals surface area contributed by atoms with E-state index in [0.29, 0.717) is 30.9 Å². The zero-order chi connectivity index (χ0) is 13.2. The Balaban J connectivity index is 1.68. The van der Waals surface area contributed by atoms with E-state index in [-0.39, 0.29) is 10.6 Å². The van der Waals surface area contributed by atoms with Gasteiger partial charge in [0.15, 0.2) is 5.75 Å². The SMILES string of the molecule is O=[N+]([O-])c1cc(CNC2CC2)ccc1OCC1CC1. The van der Waals surface area contributed by atoms with Crippen molar-refractivity contribution in [3.8, 4) is 5.75 Å². The Bertz CT molecular complexity index is 482. The molecule has 0 saturated heterocycles. The Labute approximate surface area is 112 Å². The summed E-state index contributed by atoms with van der Waals surface area (Å²) in [7, 11) is 0. The van der Waals surface area contributed by atoms with E-state index in [1.54, 1.807) is 12.1 Å². The summed E-state index contributed by atoms with van der Waals surface area (Å²) in [5.74, 6) is 0.989. The minimum Gasteiger partial charge on any atom is -0.487 e. The van der Waals surface area contributed by atoms with E-state index in [1.807, 2.05) is 6.07 Å². The van der Waals surface area contributed by atoms with E-state index >= 15 is 0 Å². The van der Waals surface area contributed by atoms with Crippen molar-refractivity contribution in [2.75, 3.05) is 6.61 Å². The minimum atomic E-state index is -0.358. The van der Waals surface area contributed by atoms with Crippen molar-refractivity contribution in [3.63, 3.8) is 0 Å². The molecule has 1 aromatic carbocycles. The maximum Gasteiger partial charge on any atom is 0.311 e. The van der Waals surface area contributed by atoms with Crippen LogP contribution in [0.15, 0.2) is 18.2 Å². The van der Waals surface area contributed by atoms with Crippen molar-refractivity contribution in [3.05, 3.63) is 33.9 Å². The highest BCUT2D eigenvalue weighted by molar-refractivity contribution is 5.48. The van der Waals surface area contributed by atoms with Gasteiger partial charge in [0.2, 0.25) is 0 Å². The molecule has 5 nitrogen and oxygen atoms in total. The highest BCUT2D eigenvalue weighted by atomic mass is 16.6. The Morgan fingerprint density at radius 1 is 1.32 bits per heavy atom. The van der Waals surface area contributed by atoms with Crippen molar-refractivity contribution >= 4 is 5.69 Å². The maximum absolute atomic E-state index is 11.1. The standard InChI is InChI=1S/C14H18N2O3/c17-16(18)13-7-11(8-15-12-4-5-12)3-6-14(13)19-9-10-1-2-10/h3,6-7,10,12,15H,1-2,4-5,8-9H2. The van der Waals surface area contributed by atoms with Gasteiger partial charge in [0.05, 0.1) is 11.5 Å². The predicted octanol–water partition coefficient (Wildman–Crippen LogP) is 2.64. The fraction of sp³-hybridized carbons (Fsp3) is 0.571. The van der Waals surface area contributed by atoms with Gasteiger partial charge in [-0.15, -0.1) is 0 Å². The first-order chi connectivity index (χ1) is 9.22. The van der Waals surface area contributed by atoms with E-state index in [9.17, 15) is 10.1 Å². The zero-order valence-corrected chi connectivity index (χ0v) is 10.8. The summed E-state index contributed by atoms with van der Waals surface area (Å²) in [6, 6.07) is 5.86. The van der Waals surface area contributed by atoms with Crippen molar-refractivity contribution < 1.29 is 9.66 Å². The Morgan fingerprint density at radius 3 is 2.74 bits per heavy atom. The second-order valence-corrected chi connectivity index (χ2v) is 5.47. The van der Waals surface area contributed by atoms with Crippen molar-refractivity contribution in [1.82, 2.24) is 5.32 Å². The van der Waals surface area contributed by atoms with Gasteiger partial charge in [-0.25, -0.2) is 0 Å². The molecule has 0 bridgehead atoms. The van der Waals surface area contributed by atoms with E-state index < -0.39 is 0 Å². The van der Waals surface area contributed by atoms with E-state index in [0.717, 1.165) is 5.56 Å². The molecule has 0 aromatic heterocycles. The third kappa shape index (κ3) is 3.44. The normalized spacial score (nSPS) is 18.3. The monoisotopic (exact) mass is 262 g/mol. The van der Waals surface area contributed by atoms with Crippen LogP contribution in [0.2, 0.25) is 0 Å². The minimum absolute atomic E-state index is 0.0794. The van der Waals surface area contributed by atoms with Crippen LogP contribution in [0.4, 0.5) is 5.69 Å². The largest absolute Gasteiger partial charge is 0.487 e. The molecular formula is C14H18N2O3. The van der Waals surface area contributed by atoms with Crippen molar-refractivity contribution in [2.45, 2.75) is 38.3 Å². The van der Waals surface area contributed by atoms with Crippen molar-refractivity contribution in [2.24, 2.45) is 5.92 Å². The molecule has 0 radical (unpaired) electrons. The second-order valence-electron chi connectivity index (χ2n) is 5.47. The molecule has 0 heterocycles. The van der Waals surface area contributed by atoms with Crippen LogP contribution < -0.4 is 10.1 Å². The second kappa shape index (κ2) is 5.17. The average molecular weight is 262 g/mol. The van der Waals surface area contributed by atoms with Gasteiger partial charge in [0.1, 0.15) is 0 Å². The van der Waals surface area contributed by atoms with Crippen LogP contribution in [-0.4, -0.2) is 17.6 Å². The Hall–Kier alpha value is -1.62. The highest BCUT2D eigenvalue weighted by Crippen LogP contribution is 2.33. The number of rotatable bonds is 7. The summed E-state index contributed by atoms with van der Waals surface area (Å²) in [6.45, 7) is 1.29. The first-order valence-corrected chi connectivity index (χ1v) is 6.86. The first-order valence-electron chi connectivity index (χ1n) is 6.86. The highest BCUT2D eigenvalue weighted by Gasteiger charge is 2.24. The topological polar surface area (TPSA) is 64.4 Å². The number of hydrogen-bond donors (Lipinski definition) is 1. The molecule has 2 aliphatic carbocycles. The van der Waals surface area contributed by atoms with E-state index in [4.69, 9.17) is 4.74 Å². The lowest BCUT2D eigenvalue weighted by molar-refractivity contribution is -0.385. The molecule has 0 spiro atoms. The molecule has 0 aliphatic heterocycles. The molecule has 2 aliphatic rings. The summed E-state index contributed by atoms with van der Waals surface area (Å²) in [5.41, 5.74) is 1.02. The smallest absolute Gasteiger partial charge is 0.311 e. The molecule has 0 unspecified atom stereocenters. The quantitative estimate of drug-likeness (QED) is 0.606. The fourth-order valence-corrected chi connectivity index (χ4v) is 1.98. The lowest BCUT2D eigenvalue weighted by Gasteiger charge is -2.08. The van der Waals surface area contributed by atoms with Crippen LogP contribution in [0, 0.1) is 16.0 Å². The van der Waals surface area contributed by atoms with Crippen LogP contribution in [0.1, 0.15) is 31.2 Å². The number of ether oxygens (including phenoxy) is 1. The number of nitrogens with one attached hydrogen (secondary N) is 1. The number of nitrogens with zero attached hydrogens (tertiary/aromatic N) is 1. The summed E-state index contributed by atoms with van der Waals surface area (Å²) >= 11 is 0. The van der Waals surface area contributed by atoms with Gasteiger partial charge in [-0.05, 0) is 43.2 Å². The Kier molecular flexibility index (Phi) is 3.38. The van der Waals surface area contributed by atoms with E-state index in [1.165, 1.54) is 25.7 Å². The molecule has 2 saturated carbocycles. The van der Waals surface area contributed by atoms with Gasteiger partial charge < -0.3 is 10.1 Å². The molecule has 102 valence electrons. The van der Waals surface area contributed by atoms with Crippen LogP contribution >= 0.6 is 0 Å². The maximum atomic E-state index is 11.1. The Morgan fingerprint density at radius 2 is 2.11 bits per heavy atom. The molecule has 2 fully saturated rings. The van der Waals surface area contributed by atoms with Crippen LogP contribution in [0.25, 0.3) is 0 Å². The summed E-state index contributed by atoms with van der Waals surface area (Å²) in [5, 5.41) is 14.4. The molecule has 1 N–H and O–H groups in total. The molecular weight excluding hydrogens is 244 g/mol. The average Bonchev–Trinajstić information content (AvgIpc) is 3.28. The van der Waals surface area contributed by atoms with Gasteiger partial charge in [0, 0.05) is 18.7 Å². The molecule has 0 atom stereocenters. The third-order valence-corrected chi connectivity index (χ3v) is 3.56. The van der Waals surface area contributed by atoms with Crippen LogP contribution in [0.5, 0.6) is 5.75 Å². The van der Waals surface area contributed by atoms with Crippen molar-refractivity contribution in [1.29, 1.82) is 0 Å². The van der Waals surface area contributed by atoms with E-state index in [2.05, 4.69) is 5.32 Å². The van der Waals surface area contributed by atoms with Gasteiger partial charge in [-0.3, -0.25) is 10.1 Å². The summed E-state index contributed by atoms with van der Waals surface area (Å²) in [4.78, 5) is 10.7. The number of nitro groups is 1. The number of nitro benzene ring substituents is 1. The summed E-state index contributed by atoms with van der Waals surface area (Å²) in [6.07, 6.45) is 4.78. The third-order valence-electron chi connectivity index (χ3n) is 3.56. The van der Waals surface area contributed by atoms with Gasteiger partial charge >= 0.3 is 5.69 Å². The molecule has 5 heteroatoms. The predicted molar refractivity (Wildman–Crippen MR) is 71.2 cm³/mol. The first kappa shape index (κ1) is 12.4. The van der Waals surface area contributed by atoms with Gasteiger partial charge in [-0.1, -0.05) is 6.07 Å². The van der Waals surface area contributed by atoms with Crippen LogP contribution in [-0.2, 0) is 6.54 Å². The van der Waals surface area contributed by atoms with Gasteiger partial charge in [-0.2, -0.15) is 0 Å². The summed E-state index contributed by atoms with van der Waals surface area (Å²) < 4.78 is 5.55. The lowest BCUT2D eigenvalue weighted by Crippen LogP contribution is -2.15.